The fraction of sp³-hybridized carbons (Fsp3) is 0.310. The van der Waals surface area contributed by atoms with Crippen LogP contribution in [0.2, 0.25) is 5.02 Å². The molecule has 2 aliphatic rings. The summed E-state index contributed by atoms with van der Waals surface area (Å²) in [6.07, 6.45) is 5.57. The highest BCUT2D eigenvalue weighted by Gasteiger charge is 2.24. The minimum atomic E-state index is -0.960. The first-order valence-corrected chi connectivity index (χ1v) is 13.5. The lowest BCUT2D eigenvalue weighted by Crippen LogP contribution is -2.33. The maximum atomic E-state index is 14.1. The van der Waals surface area contributed by atoms with Crippen LogP contribution in [0.25, 0.3) is 16.6 Å². The molecule has 0 aliphatic carbocycles. The Morgan fingerprint density at radius 1 is 1.20 bits per heavy atom. The Bertz CT molecular complexity index is 1600. The molecule has 0 spiro atoms. The molecule has 11 heteroatoms. The zero-order chi connectivity index (χ0) is 27.6. The van der Waals surface area contributed by atoms with Gasteiger partial charge in [-0.1, -0.05) is 23.7 Å². The van der Waals surface area contributed by atoms with Crippen molar-refractivity contribution in [2.24, 2.45) is 0 Å². The van der Waals surface area contributed by atoms with Gasteiger partial charge in [-0.3, -0.25) is 4.90 Å². The fourth-order valence-corrected chi connectivity index (χ4v) is 5.05. The molecule has 1 unspecified atom stereocenters. The number of nitrogens with zero attached hydrogens (tertiary/aromatic N) is 5. The number of carbonyl (C=O) groups is 1. The van der Waals surface area contributed by atoms with Gasteiger partial charge in [-0.15, -0.1) is 0 Å². The largest absolute Gasteiger partial charge is 0.478 e. The normalized spacial score (nSPS) is 17.4. The number of fused-ring (bicyclic) bond motifs is 1. The Hall–Kier alpha value is -3.86. The van der Waals surface area contributed by atoms with E-state index in [9.17, 15) is 14.3 Å². The zero-order valence-corrected chi connectivity index (χ0v) is 22.4. The van der Waals surface area contributed by atoms with Crippen LogP contribution in [0.1, 0.15) is 40.4 Å². The Balaban J connectivity index is 1.15. The van der Waals surface area contributed by atoms with Crippen molar-refractivity contribution in [3.63, 3.8) is 0 Å². The number of benzene rings is 2. The molecular formula is C29H27ClFN5O4. The maximum Gasteiger partial charge on any atom is 0.335 e. The third-order valence-corrected chi connectivity index (χ3v) is 7.46. The van der Waals surface area contributed by atoms with Gasteiger partial charge >= 0.3 is 5.97 Å². The summed E-state index contributed by atoms with van der Waals surface area (Å²) in [4.78, 5) is 27.6. The average Bonchev–Trinajstić information content (AvgIpc) is 3.26. The lowest BCUT2D eigenvalue weighted by Gasteiger charge is -2.29. The first kappa shape index (κ1) is 26.4. The SMILES string of the molecule is O=C(O)c1ccc2nc(CN3CC=C(c4nccc(OCc5ccc(Cl)cc5F)n4)CC3)n(CC3CCO3)c2c1. The van der Waals surface area contributed by atoms with Gasteiger partial charge in [0.05, 0.1) is 35.8 Å². The Labute approximate surface area is 234 Å². The molecule has 4 aromatic rings. The molecule has 6 rings (SSSR count). The minimum absolute atomic E-state index is 0.0349. The highest BCUT2D eigenvalue weighted by molar-refractivity contribution is 6.30. The molecule has 206 valence electrons. The van der Waals surface area contributed by atoms with Crippen molar-refractivity contribution in [1.82, 2.24) is 24.4 Å². The van der Waals surface area contributed by atoms with E-state index < -0.39 is 11.8 Å². The van der Waals surface area contributed by atoms with Gasteiger partial charge in [0.25, 0.3) is 0 Å². The summed E-state index contributed by atoms with van der Waals surface area (Å²) in [6, 6.07) is 11.2. The smallest absolute Gasteiger partial charge is 0.335 e. The van der Waals surface area contributed by atoms with Crippen molar-refractivity contribution in [1.29, 1.82) is 0 Å². The predicted molar refractivity (Wildman–Crippen MR) is 147 cm³/mol. The molecule has 40 heavy (non-hydrogen) atoms. The van der Waals surface area contributed by atoms with Crippen LogP contribution in [0.5, 0.6) is 5.88 Å². The standard InChI is InChI=1S/C29H27ClFN5O4/c30-21-3-1-20(23(31)14-21)17-40-27-5-9-32-28(34-27)18-6-10-35(11-7-18)16-26-33-24-4-2-19(29(37)38)13-25(24)36(26)15-22-8-12-39-22/h1-6,9,13-14,22H,7-8,10-12,15-17H2,(H,37,38). The molecule has 0 radical (unpaired) electrons. The monoisotopic (exact) mass is 563 g/mol. The summed E-state index contributed by atoms with van der Waals surface area (Å²) in [5.74, 6) is 0.456. The van der Waals surface area contributed by atoms with Crippen molar-refractivity contribution in [3.8, 4) is 5.88 Å². The molecule has 2 aromatic carbocycles. The van der Waals surface area contributed by atoms with Gasteiger partial charge in [0.1, 0.15) is 18.2 Å². The first-order chi connectivity index (χ1) is 19.4. The second-order valence-corrected chi connectivity index (χ2v) is 10.3. The van der Waals surface area contributed by atoms with E-state index in [1.807, 2.05) is 0 Å². The van der Waals surface area contributed by atoms with E-state index >= 15 is 0 Å². The van der Waals surface area contributed by atoms with Gasteiger partial charge < -0.3 is 19.1 Å². The lowest BCUT2D eigenvalue weighted by atomic mass is 10.1. The average molecular weight is 564 g/mol. The van der Waals surface area contributed by atoms with Crippen LogP contribution in [0, 0.1) is 5.82 Å². The summed E-state index contributed by atoms with van der Waals surface area (Å²) in [7, 11) is 0. The van der Waals surface area contributed by atoms with Crippen LogP contribution >= 0.6 is 11.6 Å². The number of hydrogen-bond acceptors (Lipinski definition) is 7. The third kappa shape index (κ3) is 5.70. The predicted octanol–water partition coefficient (Wildman–Crippen LogP) is 4.97. The van der Waals surface area contributed by atoms with Crippen LogP contribution in [0.4, 0.5) is 4.39 Å². The fourth-order valence-electron chi connectivity index (χ4n) is 4.89. The van der Waals surface area contributed by atoms with Crippen LogP contribution in [0.15, 0.2) is 54.7 Å². The van der Waals surface area contributed by atoms with Crippen LogP contribution < -0.4 is 4.74 Å². The highest BCUT2D eigenvalue weighted by atomic mass is 35.5. The molecule has 2 aromatic heterocycles. The summed E-state index contributed by atoms with van der Waals surface area (Å²) < 4.78 is 27.6. The number of halogens is 2. The highest BCUT2D eigenvalue weighted by Crippen LogP contribution is 2.26. The molecule has 0 amide bonds. The number of ether oxygens (including phenoxy) is 2. The van der Waals surface area contributed by atoms with E-state index in [0.717, 1.165) is 48.4 Å². The summed E-state index contributed by atoms with van der Waals surface area (Å²) in [5, 5.41) is 9.81. The lowest BCUT2D eigenvalue weighted by molar-refractivity contribution is -0.0591. The van der Waals surface area contributed by atoms with Gasteiger partial charge in [0.2, 0.25) is 5.88 Å². The van der Waals surface area contributed by atoms with E-state index in [2.05, 4.69) is 25.5 Å². The molecule has 2 aliphatic heterocycles. The summed E-state index contributed by atoms with van der Waals surface area (Å²) >= 11 is 5.83. The second kappa shape index (κ2) is 11.3. The van der Waals surface area contributed by atoms with Crippen molar-refractivity contribution < 1.29 is 23.8 Å². The Morgan fingerprint density at radius 2 is 2.08 bits per heavy atom. The molecule has 9 nitrogen and oxygen atoms in total. The number of imidazole rings is 1. The van der Waals surface area contributed by atoms with Crippen molar-refractivity contribution in [2.45, 2.75) is 38.6 Å². The molecule has 0 bridgehead atoms. The quantitative estimate of drug-likeness (QED) is 0.304. The van der Waals surface area contributed by atoms with Crippen molar-refractivity contribution in [3.05, 3.63) is 88.4 Å². The van der Waals surface area contributed by atoms with Gasteiger partial charge in [-0.05, 0) is 48.7 Å². The first-order valence-electron chi connectivity index (χ1n) is 13.1. The van der Waals surface area contributed by atoms with Gasteiger partial charge in [0, 0.05) is 42.5 Å². The Morgan fingerprint density at radius 3 is 2.80 bits per heavy atom. The van der Waals surface area contributed by atoms with Gasteiger partial charge in [0.15, 0.2) is 5.82 Å². The molecule has 4 heterocycles. The molecular weight excluding hydrogens is 537 g/mol. The number of aromatic carboxylic acids is 1. The van der Waals surface area contributed by atoms with E-state index in [1.54, 1.807) is 42.6 Å². The van der Waals surface area contributed by atoms with Crippen LogP contribution in [-0.4, -0.2) is 61.3 Å². The number of carboxylic acid groups (broad SMARTS) is 1. The zero-order valence-electron chi connectivity index (χ0n) is 21.6. The topological polar surface area (TPSA) is 103 Å². The number of aromatic nitrogens is 4. The van der Waals surface area contributed by atoms with E-state index in [4.69, 9.17) is 26.1 Å². The summed E-state index contributed by atoms with van der Waals surface area (Å²) in [5.41, 5.74) is 3.23. The molecule has 1 fully saturated rings. The van der Waals surface area contributed by atoms with Crippen LogP contribution in [-0.2, 0) is 24.4 Å². The maximum absolute atomic E-state index is 14.1. The number of rotatable bonds is 9. The van der Waals surface area contributed by atoms with Gasteiger partial charge in [-0.25, -0.2) is 19.2 Å². The molecule has 0 saturated carbocycles. The number of carboxylic acids is 1. The number of hydrogen-bond donors (Lipinski definition) is 1. The van der Waals surface area contributed by atoms with Crippen LogP contribution in [0.3, 0.4) is 0 Å². The van der Waals surface area contributed by atoms with E-state index in [-0.39, 0.29) is 18.3 Å². The Kier molecular flexibility index (Phi) is 7.46. The second-order valence-electron chi connectivity index (χ2n) is 9.89. The van der Waals surface area contributed by atoms with E-state index in [0.29, 0.717) is 41.9 Å². The van der Waals surface area contributed by atoms with Crippen molar-refractivity contribution >= 4 is 34.2 Å². The van der Waals surface area contributed by atoms with Gasteiger partial charge in [-0.2, -0.15) is 4.98 Å². The van der Waals surface area contributed by atoms with Crippen molar-refractivity contribution in [2.75, 3.05) is 19.7 Å². The molecule has 1 N–H and O–H groups in total. The molecule has 1 atom stereocenters. The van der Waals surface area contributed by atoms with E-state index in [1.165, 1.54) is 6.07 Å². The third-order valence-electron chi connectivity index (χ3n) is 7.22. The minimum Gasteiger partial charge on any atom is -0.478 e. The molecule has 1 saturated heterocycles. The summed E-state index contributed by atoms with van der Waals surface area (Å²) in [6.45, 7) is 3.50.